The molecule has 0 saturated carbocycles. The van der Waals surface area contributed by atoms with Crippen molar-refractivity contribution in [2.75, 3.05) is 0 Å². The van der Waals surface area contributed by atoms with Gasteiger partial charge in [-0.3, -0.25) is 0 Å². The normalized spacial score (nSPS) is 11.9. The van der Waals surface area contributed by atoms with Crippen molar-refractivity contribution >= 4 is 10.9 Å². The summed E-state index contributed by atoms with van der Waals surface area (Å²) in [7, 11) is 0. The van der Waals surface area contributed by atoms with Gasteiger partial charge in [0.2, 0.25) is 0 Å². The Balaban J connectivity index is 1.92. The largest absolute Gasteiger partial charge is 0.238 e. The first-order valence-corrected chi connectivity index (χ1v) is 10.6. The molecule has 2 aromatic carbocycles. The van der Waals surface area contributed by atoms with Crippen LogP contribution in [0.2, 0.25) is 0 Å². The van der Waals surface area contributed by atoms with Gasteiger partial charge in [-0.25, -0.2) is 9.97 Å². The molecule has 0 aliphatic rings. The van der Waals surface area contributed by atoms with Crippen LogP contribution in [0.5, 0.6) is 0 Å². The highest BCUT2D eigenvalue weighted by atomic mass is 14.9. The van der Waals surface area contributed by atoms with Crippen LogP contribution in [0.1, 0.15) is 80.7 Å². The van der Waals surface area contributed by atoms with Crippen LogP contribution in [0.25, 0.3) is 10.9 Å². The Labute approximate surface area is 170 Å². The molecule has 0 amide bonds. The third-order valence-corrected chi connectivity index (χ3v) is 5.57. The van der Waals surface area contributed by atoms with E-state index in [0.717, 1.165) is 24.2 Å². The van der Waals surface area contributed by atoms with Crippen LogP contribution in [0, 0.1) is 13.8 Å². The molecule has 0 saturated heterocycles. The Kier molecular flexibility index (Phi) is 6.17. The molecule has 1 heterocycles. The summed E-state index contributed by atoms with van der Waals surface area (Å²) in [6, 6.07) is 13.6. The Morgan fingerprint density at radius 3 is 2.36 bits per heavy atom. The second-order valence-corrected chi connectivity index (χ2v) is 9.09. The van der Waals surface area contributed by atoms with E-state index in [-0.39, 0.29) is 5.41 Å². The maximum atomic E-state index is 4.77. The first-order valence-electron chi connectivity index (χ1n) is 10.6. The summed E-state index contributed by atoms with van der Waals surface area (Å²) in [5.74, 6) is 0.875. The summed E-state index contributed by atoms with van der Waals surface area (Å²) in [6.07, 6.45) is 5.67. The number of hydrogen-bond acceptors (Lipinski definition) is 2. The van der Waals surface area contributed by atoms with Gasteiger partial charge in [-0.15, -0.1) is 0 Å². The van der Waals surface area contributed by atoms with Gasteiger partial charge in [0.1, 0.15) is 5.82 Å². The molecule has 0 aliphatic carbocycles. The number of aryl methyl sites for hydroxylation is 3. The van der Waals surface area contributed by atoms with E-state index in [1.165, 1.54) is 52.6 Å². The van der Waals surface area contributed by atoms with E-state index < -0.39 is 0 Å². The van der Waals surface area contributed by atoms with Crippen LogP contribution in [-0.4, -0.2) is 9.97 Å². The third-order valence-electron chi connectivity index (χ3n) is 5.57. The van der Waals surface area contributed by atoms with Crippen molar-refractivity contribution < 1.29 is 0 Å². The first-order chi connectivity index (χ1) is 13.3. The lowest BCUT2D eigenvalue weighted by Gasteiger charge is -2.20. The molecule has 0 fully saturated rings. The van der Waals surface area contributed by atoms with Crippen LogP contribution in [0.4, 0.5) is 0 Å². The summed E-state index contributed by atoms with van der Waals surface area (Å²) in [5, 5.41) is 1.23. The zero-order chi connectivity index (χ0) is 20.3. The molecule has 0 unspecified atom stereocenters. The quantitative estimate of drug-likeness (QED) is 0.440. The van der Waals surface area contributed by atoms with Crippen molar-refractivity contribution in [3.05, 3.63) is 70.2 Å². The van der Waals surface area contributed by atoms with Crippen LogP contribution in [0.3, 0.4) is 0 Å². The SMILES string of the molecule is CCCCCc1nc(C)nc2ccc(Cc3ccc(C(C)(C)C)cc3C)cc12. The molecule has 0 atom stereocenters. The summed E-state index contributed by atoms with van der Waals surface area (Å²) < 4.78 is 0. The molecular weight excluding hydrogens is 340 g/mol. The standard InChI is InChI=1S/C26H34N2/c1-7-8-9-10-24-23-17-20(11-14-25(23)28-19(3)27-24)16-21-12-13-22(15-18(21)2)26(4,5)6/h11-15,17H,7-10,16H2,1-6H3. The number of aromatic nitrogens is 2. The molecule has 0 N–H and O–H groups in total. The van der Waals surface area contributed by atoms with E-state index in [4.69, 9.17) is 4.98 Å². The lowest BCUT2D eigenvalue weighted by atomic mass is 9.84. The molecule has 0 bridgehead atoms. The van der Waals surface area contributed by atoms with E-state index in [2.05, 4.69) is 76.0 Å². The number of nitrogens with zero attached hydrogens (tertiary/aromatic N) is 2. The molecule has 0 spiro atoms. The molecule has 148 valence electrons. The minimum Gasteiger partial charge on any atom is -0.238 e. The van der Waals surface area contributed by atoms with Gasteiger partial charge >= 0.3 is 0 Å². The number of unbranched alkanes of at least 4 members (excludes halogenated alkanes) is 2. The Morgan fingerprint density at radius 1 is 0.893 bits per heavy atom. The van der Waals surface area contributed by atoms with Gasteiger partial charge in [0, 0.05) is 5.39 Å². The molecule has 2 heteroatoms. The van der Waals surface area contributed by atoms with Gasteiger partial charge in [0.25, 0.3) is 0 Å². The van der Waals surface area contributed by atoms with E-state index in [9.17, 15) is 0 Å². The minimum atomic E-state index is 0.189. The van der Waals surface area contributed by atoms with Crippen molar-refractivity contribution in [3.63, 3.8) is 0 Å². The fourth-order valence-corrected chi connectivity index (χ4v) is 3.79. The smallest absolute Gasteiger partial charge is 0.126 e. The second-order valence-electron chi connectivity index (χ2n) is 9.09. The fourth-order valence-electron chi connectivity index (χ4n) is 3.79. The van der Waals surface area contributed by atoms with Gasteiger partial charge in [0.05, 0.1) is 11.2 Å². The zero-order valence-electron chi connectivity index (χ0n) is 18.4. The van der Waals surface area contributed by atoms with Crippen molar-refractivity contribution in [2.24, 2.45) is 0 Å². The first kappa shape index (κ1) is 20.5. The highest BCUT2D eigenvalue weighted by Crippen LogP contribution is 2.26. The van der Waals surface area contributed by atoms with Gasteiger partial charge in [-0.2, -0.15) is 0 Å². The third kappa shape index (κ3) is 4.79. The number of benzene rings is 2. The highest BCUT2D eigenvalue weighted by Gasteiger charge is 2.15. The monoisotopic (exact) mass is 374 g/mol. The second kappa shape index (κ2) is 8.43. The van der Waals surface area contributed by atoms with Crippen molar-refractivity contribution in [3.8, 4) is 0 Å². The molecule has 1 aromatic heterocycles. The Hall–Kier alpha value is -2.22. The van der Waals surface area contributed by atoms with E-state index in [1.807, 2.05) is 6.92 Å². The highest BCUT2D eigenvalue weighted by molar-refractivity contribution is 5.81. The van der Waals surface area contributed by atoms with Crippen molar-refractivity contribution in [1.29, 1.82) is 0 Å². The summed E-state index contributed by atoms with van der Waals surface area (Å²) in [4.78, 5) is 9.42. The van der Waals surface area contributed by atoms with Crippen LogP contribution < -0.4 is 0 Å². The molecule has 0 aliphatic heterocycles. The molecule has 2 nitrogen and oxygen atoms in total. The van der Waals surface area contributed by atoms with Crippen molar-refractivity contribution in [2.45, 2.75) is 79.1 Å². The fraction of sp³-hybridized carbons (Fsp3) is 0.462. The molecule has 3 aromatic rings. The summed E-state index contributed by atoms with van der Waals surface area (Å²) in [5.41, 5.74) is 7.97. The predicted octanol–water partition coefficient (Wildman–Crippen LogP) is 6.87. The summed E-state index contributed by atoms with van der Waals surface area (Å²) >= 11 is 0. The Morgan fingerprint density at radius 2 is 1.68 bits per heavy atom. The molecule has 28 heavy (non-hydrogen) atoms. The topological polar surface area (TPSA) is 25.8 Å². The average Bonchev–Trinajstić information content (AvgIpc) is 2.63. The number of hydrogen-bond donors (Lipinski definition) is 0. The van der Waals surface area contributed by atoms with E-state index in [1.54, 1.807) is 0 Å². The van der Waals surface area contributed by atoms with Crippen LogP contribution in [0.15, 0.2) is 36.4 Å². The predicted molar refractivity (Wildman–Crippen MR) is 120 cm³/mol. The van der Waals surface area contributed by atoms with E-state index >= 15 is 0 Å². The van der Waals surface area contributed by atoms with Gasteiger partial charge in [0.15, 0.2) is 0 Å². The Bertz CT molecular complexity index is 964. The lowest BCUT2D eigenvalue weighted by Crippen LogP contribution is -2.11. The van der Waals surface area contributed by atoms with Crippen molar-refractivity contribution in [1.82, 2.24) is 9.97 Å². The maximum absolute atomic E-state index is 4.77. The van der Waals surface area contributed by atoms with E-state index in [0.29, 0.717) is 0 Å². The minimum absolute atomic E-state index is 0.189. The van der Waals surface area contributed by atoms with Crippen LogP contribution >= 0.6 is 0 Å². The van der Waals surface area contributed by atoms with Crippen LogP contribution in [-0.2, 0) is 18.3 Å². The van der Waals surface area contributed by atoms with Gasteiger partial charge in [-0.05, 0) is 72.9 Å². The zero-order valence-corrected chi connectivity index (χ0v) is 18.4. The molecule has 0 radical (unpaired) electrons. The number of rotatable bonds is 6. The number of fused-ring (bicyclic) bond motifs is 1. The van der Waals surface area contributed by atoms with Gasteiger partial charge < -0.3 is 0 Å². The average molecular weight is 375 g/mol. The van der Waals surface area contributed by atoms with Gasteiger partial charge in [-0.1, -0.05) is 64.8 Å². The molecular formula is C26H34N2. The summed E-state index contributed by atoms with van der Waals surface area (Å²) in [6.45, 7) is 13.3. The molecule has 3 rings (SSSR count). The lowest BCUT2D eigenvalue weighted by molar-refractivity contribution is 0.589. The maximum Gasteiger partial charge on any atom is 0.126 e.